The van der Waals surface area contributed by atoms with Gasteiger partial charge in [-0.1, -0.05) is 25.5 Å². The molecule has 0 saturated heterocycles. The van der Waals surface area contributed by atoms with Crippen molar-refractivity contribution in [1.29, 1.82) is 0 Å². The smallest absolute Gasteiger partial charge is 0.130 e. The molecule has 0 bridgehead atoms. The zero-order valence-electron chi connectivity index (χ0n) is 6.94. The molecule has 0 saturated carbocycles. The molecule has 0 radical (unpaired) electrons. The van der Waals surface area contributed by atoms with Crippen molar-refractivity contribution in [2.45, 2.75) is 39.5 Å². The van der Waals surface area contributed by atoms with Gasteiger partial charge < -0.3 is 4.79 Å². The molecular formula is C9H16O. The van der Waals surface area contributed by atoms with Crippen molar-refractivity contribution in [1.82, 2.24) is 0 Å². The lowest BCUT2D eigenvalue weighted by atomic mass is 10.1. The highest BCUT2D eigenvalue weighted by molar-refractivity contribution is 5.75. The van der Waals surface area contributed by atoms with Crippen LogP contribution in [-0.2, 0) is 4.79 Å². The SMILES string of the molecule is C=C(CCC)CCC(C)=O. The lowest BCUT2D eigenvalue weighted by molar-refractivity contribution is -0.116. The van der Waals surface area contributed by atoms with Crippen LogP contribution in [-0.4, -0.2) is 5.78 Å². The van der Waals surface area contributed by atoms with Crippen LogP contribution >= 0.6 is 0 Å². The fraction of sp³-hybridized carbons (Fsp3) is 0.667. The zero-order chi connectivity index (χ0) is 7.98. The second-order valence-corrected chi connectivity index (χ2v) is 2.70. The van der Waals surface area contributed by atoms with Gasteiger partial charge in [0, 0.05) is 6.42 Å². The third-order valence-corrected chi connectivity index (χ3v) is 1.43. The maximum atomic E-state index is 10.5. The van der Waals surface area contributed by atoms with Gasteiger partial charge in [0.1, 0.15) is 5.78 Å². The van der Waals surface area contributed by atoms with Crippen LogP contribution in [0.3, 0.4) is 0 Å². The Morgan fingerprint density at radius 1 is 1.30 bits per heavy atom. The maximum absolute atomic E-state index is 10.5. The molecule has 1 heteroatoms. The Labute approximate surface area is 63.1 Å². The molecule has 0 fully saturated rings. The molecular weight excluding hydrogens is 124 g/mol. The summed E-state index contributed by atoms with van der Waals surface area (Å²) < 4.78 is 0. The monoisotopic (exact) mass is 140 g/mol. The van der Waals surface area contributed by atoms with E-state index in [-0.39, 0.29) is 5.78 Å². The fourth-order valence-electron chi connectivity index (χ4n) is 0.831. The molecule has 0 rings (SSSR count). The highest BCUT2D eigenvalue weighted by atomic mass is 16.1. The van der Waals surface area contributed by atoms with E-state index < -0.39 is 0 Å². The van der Waals surface area contributed by atoms with Crippen molar-refractivity contribution < 1.29 is 4.79 Å². The van der Waals surface area contributed by atoms with E-state index in [1.54, 1.807) is 6.92 Å². The number of ketones is 1. The summed E-state index contributed by atoms with van der Waals surface area (Å²) in [4.78, 5) is 10.5. The summed E-state index contributed by atoms with van der Waals surface area (Å²) in [5.74, 6) is 0.261. The molecule has 0 atom stereocenters. The van der Waals surface area contributed by atoms with E-state index in [9.17, 15) is 4.79 Å². The van der Waals surface area contributed by atoms with Crippen molar-refractivity contribution in [2.75, 3.05) is 0 Å². The summed E-state index contributed by atoms with van der Waals surface area (Å²) >= 11 is 0. The summed E-state index contributed by atoms with van der Waals surface area (Å²) in [7, 11) is 0. The molecule has 0 aliphatic rings. The van der Waals surface area contributed by atoms with E-state index in [0.717, 1.165) is 19.3 Å². The van der Waals surface area contributed by atoms with Gasteiger partial charge in [0.15, 0.2) is 0 Å². The molecule has 0 amide bonds. The first-order valence-electron chi connectivity index (χ1n) is 3.83. The van der Waals surface area contributed by atoms with Gasteiger partial charge in [-0.25, -0.2) is 0 Å². The van der Waals surface area contributed by atoms with Gasteiger partial charge in [-0.3, -0.25) is 0 Å². The number of hydrogen-bond acceptors (Lipinski definition) is 1. The van der Waals surface area contributed by atoms with Crippen molar-refractivity contribution in [3.63, 3.8) is 0 Å². The minimum absolute atomic E-state index is 0.261. The van der Waals surface area contributed by atoms with Gasteiger partial charge in [-0.2, -0.15) is 0 Å². The average Bonchev–Trinajstić information content (AvgIpc) is 1.85. The second-order valence-electron chi connectivity index (χ2n) is 2.70. The normalized spacial score (nSPS) is 9.40. The first-order valence-corrected chi connectivity index (χ1v) is 3.83. The molecule has 0 aliphatic carbocycles. The Bertz CT molecular complexity index is 125. The summed E-state index contributed by atoms with van der Waals surface area (Å²) in [6.45, 7) is 7.61. The fourth-order valence-corrected chi connectivity index (χ4v) is 0.831. The van der Waals surface area contributed by atoms with Crippen LogP contribution in [0.15, 0.2) is 12.2 Å². The Balaban J connectivity index is 3.30. The molecule has 10 heavy (non-hydrogen) atoms. The Kier molecular flexibility index (Phi) is 4.91. The predicted octanol–water partition coefficient (Wildman–Crippen LogP) is 2.71. The summed E-state index contributed by atoms with van der Waals surface area (Å²) in [6, 6.07) is 0. The van der Waals surface area contributed by atoms with Crippen LogP contribution in [0.1, 0.15) is 39.5 Å². The van der Waals surface area contributed by atoms with E-state index in [1.165, 1.54) is 5.57 Å². The molecule has 0 aromatic rings. The van der Waals surface area contributed by atoms with E-state index in [1.807, 2.05) is 0 Å². The molecule has 0 aliphatic heterocycles. The van der Waals surface area contributed by atoms with Crippen LogP contribution in [0, 0.1) is 0 Å². The lowest BCUT2D eigenvalue weighted by Gasteiger charge is -1.99. The van der Waals surface area contributed by atoms with E-state index in [2.05, 4.69) is 13.5 Å². The number of allylic oxidation sites excluding steroid dienone is 1. The number of Topliss-reactive ketones (excluding diaryl/α,β-unsaturated/α-hetero) is 1. The van der Waals surface area contributed by atoms with Crippen molar-refractivity contribution >= 4 is 5.78 Å². The van der Waals surface area contributed by atoms with Gasteiger partial charge in [0.25, 0.3) is 0 Å². The van der Waals surface area contributed by atoms with Crippen LogP contribution in [0.25, 0.3) is 0 Å². The van der Waals surface area contributed by atoms with Crippen molar-refractivity contribution in [3.05, 3.63) is 12.2 Å². The van der Waals surface area contributed by atoms with E-state index in [4.69, 9.17) is 0 Å². The number of rotatable bonds is 5. The molecule has 0 N–H and O–H groups in total. The molecule has 0 unspecified atom stereocenters. The lowest BCUT2D eigenvalue weighted by Crippen LogP contribution is -1.90. The van der Waals surface area contributed by atoms with E-state index in [0.29, 0.717) is 6.42 Å². The highest BCUT2D eigenvalue weighted by Crippen LogP contribution is 2.08. The molecule has 0 heterocycles. The van der Waals surface area contributed by atoms with Gasteiger partial charge in [0.2, 0.25) is 0 Å². The number of carbonyl (C=O) groups is 1. The Morgan fingerprint density at radius 3 is 2.30 bits per heavy atom. The molecule has 0 aromatic heterocycles. The molecule has 1 nitrogen and oxygen atoms in total. The first-order chi connectivity index (χ1) is 4.66. The summed E-state index contributed by atoms with van der Waals surface area (Å²) in [5, 5.41) is 0. The van der Waals surface area contributed by atoms with Crippen LogP contribution < -0.4 is 0 Å². The quantitative estimate of drug-likeness (QED) is 0.536. The van der Waals surface area contributed by atoms with Gasteiger partial charge >= 0.3 is 0 Å². The first kappa shape index (κ1) is 9.41. The maximum Gasteiger partial charge on any atom is 0.130 e. The third-order valence-electron chi connectivity index (χ3n) is 1.43. The molecule has 58 valence electrons. The Hall–Kier alpha value is -0.590. The average molecular weight is 140 g/mol. The second kappa shape index (κ2) is 5.21. The van der Waals surface area contributed by atoms with E-state index >= 15 is 0 Å². The minimum Gasteiger partial charge on any atom is -0.300 e. The summed E-state index contributed by atoms with van der Waals surface area (Å²) in [5.41, 5.74) is 1.21. The molecule has 0 aromatic carbocycles. The highest BCUT2D eigenvalue weighted by Gasteiger charge is 1.95. The minimum atomic E-state index is 0.261. The summed E-state index contributed by atoms with van der Waals surface area (Å²) in [6.07, 6.45) is 3.74. The molecule has 0 spiro atoms. The van der Waals surface area contributed by atoms with Crippen LogP contribution in [0.2, 0.25) is 0 Å². The Morgan fingerprint density at radius 2 is 1.90 bits per heavy atom. The topological polar surface area (TPSA) is 17.1 Å². The predicted molar refractivity (Wildman–Crippen MR) is 44.0 cm³/mol. The largest absolute Gasteiger partial charge is 0.300 e. The van der Waals surface area contributed by atoms with Crippen molar-refractivity contribution in [2.24, 2.45) is 0 Å². The van der Waals surface area contributed by atoms with Crippen molar-refractivity contribution in [3.8, 4) is 0 Å². The van der Waals surface area contributed by atoms with Crippen LogP contribution in [0.4, 0.5) is 0 Å². The van der Waals surface area contributed by atoms with Gasteiger partial charge in [0.05, 0.1) is 0 Å². The third kappa shape index (κ3) is 5.54. The number of carbonyl (C=O) groups excluding carboxylic acids is 1. The zero-order valence-corrected chi connectivity index (χ0v) is 6.94. The van der Waals surface area contributed by atoms with Gasteiger partial charge in [-0.15, -0.1) is 0 Å². The standard InChI is InChI=1S/C9H16O/c1-4-5-8(2)6-7-9(3)10/h2,4-7H2,1,3H3. The van der Waals surface area contributed by atoms with Gasteiger partial charge in [-0.05, 0) is 19.8 Å². The van der Waals surface area contributed by atoms with Crippen LogP contribution in [0.5, 0.6) is 0 Å². The number of hydrogen-bond donors (Lipinski definition) is 0.